The SMILES string of the molecule is C=CC.C=CC.CCCCO.COCCO. The minimum absolute atomic E-state index is 0.122. The van der Waals surface area contributed by atoms with Gasteiger partial charge in [-0.3, -0.25) is 0 Å². The van der Waals surface area contributed by atoms with Crippen molar-refractivity contribution in [1.82, 2.24) is 0 Å². The minimum atomic E-state index is 0.122. The lowest BCUT2D eigenvalue weighted by Crippen LogP contribution is -1.91. The average Bonchev–Trinajstić information content (AvgIpc) is 2.23. The highest BCUT2D eigenvalue weighted by Crippen LogP contribution is 1.78. The van der Waals surface area contributed by atoms with Gasteiger partial charge in [0.05, 0.1) is 13.2 Å². The highest BCUT2D eigenvalue weighted by molar-refractivity contribution is 4.51. The summed E-state index contributed by atoms with van der Waals surface area (Å²) >= 11 is 0. The molecule has 0 radical (unpaired) electrons. The number of hydrogen-bond acceptors (Lipinski definition) is 3. The summed E-state index contributed by atoms with van der Waals surface area (Å²) in [4.78, 5) is 0. The summed E-state index contributed by atoms with van der Waals surface area (Å²) < 4.78 is 4.44. The number of aliphatic hydroxyl groups is 2. The molecule has 0 aliphatic rings. The van der Waals surface area contributed by atoms with Gasteiger partial charge in [0.15, 0.2) is 0 Å². The third kappa shape index (κ3) is 181. The maximum Gasteiger partial charge on any atom is 0.0693 e. The first kappa shape index (κ1) is 24.5. The first-order valence-electron chi connectivity index (χ1n) is 5.51. The van der Waals surface area contributed by atoms with E-state index in [4.69, 9.17) is 10.2 Å². The molecule has 0 bridgehead atoms. The number of ether oxygens (including phenoxy) is 1. The predicted molar refractivity (Wildman–Crippen MR) is 72.7 cm³/mol. The van der Waals surface area contributed by atoms with Crippen molar-refractivity contribution in [2.75, 3.05) is 26.9 Å². The summed E-state index contributed by atoms with van der Waals surface area (Å²) in [5.74, 6) is 0. The standard InChI is InChI=1S/C4H10O.C3H8O2.2C3H6/c1-2-3-4-5;1-5-3-2-4;2*1-3-2/h5H,2-4H2,1H3;4H,2-3H2,1H3;2*3H,1H2,2H3. The van der Waals surface area contributed by atoms with Crippen molar-refractivity contribution in [3.05, 3.63) is 25.3 Å². The summed E-state index contributed by atoms with van der Waals surface area (Å²) in [6.07, 6.45) is 5.54. The Balaban J connectivity index is -0.0000000621. The van der Waals surface area contributed by atoms with Crippen molar-refractivity contribution in [3.8, 4) is 0 Å². The summed E-state index contributed by atoms with van der Waals surface area (Å²) in [6, 6.07) is 0. The van der Waals surface area contributed by atoms with Crippen LogP contribution in [0, 0.1) is 0 Å². The Morgan fingerprint density at radius 2 is 1.44 bits per heavy atom. The number of hydrogen-bond donors (Lipinski definition) is 2. The van der Waals surface area contributed by atoms with E-state index in [0.717, 1.165) is 12.8 Å². The largest absolute Gasteiger partial charge is 0.396 e. The molecule has 3 heteroatoms. The second-order valence-corrected chi connectivity index (χ2v) is 2.61. The zero-order chi connectivity index (χ0) is 13.7. The third-order valence-corrected chi connectivity index (χ3v) is 0.807. The number of allylic oxidation sites excluding steroid dienone is 2. The molecule has 16 heavy (non-hydrogen) atoms. The van der Waals surface area contributed by atoms with Crippen molar-refractivity contribution < 1.29 is 14.9 Å². The molecule has 0 rings (SSSR count). The van der Waals surface area contributed by atoms with E-state index in [1.54, 1.807) is 19.3 Å². The summed E-state index contributed by atoms with van der Waals surface area (Å²) in [7, 11) is 1.55. The molecule has 0 unspecified atom stereocenters. The average molecular weight is 234 g/mol. The van der Waals surface area contributed by atoms with Crippen molar-refractivity contribution in [1.29, 1.82) is 0 Å². The van der Waals surface area contributed by atoms with Crippen molar-refractivity contribution in [2.24, 2.45) is 0 Å². The molecule has 0 aliphatic heterocycles. The summed E-state index contributed by atoms with van der Waals surface area (Å²) in [5.41, 5.74) is 0. The molecule has 0 saturated heterocycles. The van der Waals surface area contributed by atoms with Crippen LogP contribution in [0.15, 0.2) is 25.3 Å². The van der Waals surface area contributed by atoms with Crippen molar-refractivity contribution >= 4 is 0 Å². The number of aliphatic hydroxyl groups excluding tert-OH is 2. The highest BCUT2D eigenvalue weighted by Gasteiger charge is 1.69. The van der Waals surface area contributed by atoms with E-state index in [1.165, 1.54) is 0 Å². The maximum atomic E-state index is 8.07. The molecule has 0 aromatic carbocycles. The molecular formula is C13H30O3. The lowest BCUT2D eigenvalue weighted by atomic mass is 10.4. The van der Waals surface area contributed by atoms with Gasteiger partial charge in [0.1, 0.15) is 0 Å². The van der Waals surface area contributed by atoms with Crippen LogP contribution in [0.3, 0.4) is 0 Å². The molecule has 100 valence electrons. The molecule has 0 aliphatic carbocycles. The van der Waals surface area contributed by atoms with Crippen LogP contribution in [-0.2, 0) is 4.74 Å². The van der Waals surface area contributed by atoms with Crippen LogP contribution >= 0.6 is 0 Å². The van der Waals surface area contributed by atoms with Crippen molar-refractivity contribution in [3.63, 3.8) is 0 Å². The van der Waals surface area contributed by atoms with Gasteiger partial charge in [-0.05, 0) is 20.3 Å². The van der Waals surface area contributed by atoms with Gasteiger partial charge in [-0.1, -0.05) is 25.5 Å². The quantitative estimate of drug-likeness (QED) is 0.735. The van der Waals surface area contributed by atoms with Gasteiger partial charge in [-0.2, -0.15) is 0 Å². The van der Waals surface area contributed by atoms with Crippen LogP contribution < -0.4 is 0 Å². The molecule has 0 heterocycles. The Morgan fingerprint density at radius 3 is 1.44 bits per heavy atom. The fourth-order valence-corrected chi connectivity index (χ4v) is 0.249. The normalized spacial score (nSPS) is 6.88. The molecule has 0 aromatic heterocycles. The van der Waals surface area contributed by atoms with Crippen molar-refractivity contribution in [2.45, 2.75) is 33.6 Å². The van der Waals surface area contributed by atoms with E-state index < -0.39 is 0 Å². The Kier molecular flexibility index (Phi) is 72.6. The molecular weight excluding hydrogens is 204 g/mol. The molecule has 0 amide bonds. The fraction of sp³-hybridized carbons (Fsp3) is 0.692. The zero-order valence-electron chi connectivity index (χ0n) is 11.4. The number of methoxy groups -OCH3 is 1. The Labute approximate surface area is 101 Å². The lowest BCUT2D eigenvalue weighted by molar-refractivity contribution is 0.135. The number of rotatable bonds is 4. The molecule has 0 saturated carbocycles. The van der Waals surface area contributed by atoms with Gasteiger partial charge < -0.3 is 14.9 Å². The molecule has 0 fully saturated rings. The van der Waals surface area contributed by atoms with Gasteiger partial charge in [-0.25, -0.2) is 0 Å². The van der Waals surface area contributed by atoms with Gasteiger partial charge in [0, 0.05) is 13.7 Å². The topological polar surface area (TPSA) is 49.7 Å². The smallest absolute Gasteiger partial charge is 0.0693 e. The van der Waals surface area contributed by atoms with Crippen LogP contribution in [0.1, 0.15) is 33.6 Å². The van der Waals surface area contributed by atoms with Gasteiger partial charge in [0.2, 0.25) is 0 Å². The molecule has 0 spiro atoms. The first-order valence-corrected chi connectivity index (χ1v) is 5.51. The van der Waals surface area contributed by atoms with Gasteiger partial charge in [0.25, 0.3) is 0 Å². The van der Waals surface area contributed by atoms with Crippen LogP contribution in [0.4, 0.5) is 0 Å². The van der Waals surface area contributed by atoms with Gasteiger partial charge in [-0.15, -0.1) is 13.2 Å². The summed E-state index contributed by atoms with van der Waals surface area (Å²) in [6.45, 7) is 13.5. The maximum absolute atomic E-state index is 8.07. The summed E-state index contributed by atoms with van der Waals surface area (Å²) in [5, 5.41) is 16.0. The van der Waals surface area contributed by atoms with E-state index in [1.807, 2.05) is 13.8 Å². The molecule has 0 atom stereocenters. The minimum Gasteiger partial charge on any atom is -0.396 e. The second-order valence-electron chi connectivity index (χ2n) is 2.61. The first-order chi connectivity index (χ1) is 7.66. The highest BCUT2D eigenvalue weighted by atomic mass is 16.5. The fourth-order valence-electron chi connectivity index (χ4n) is 0.249. The monoisotopic (exact) mass is 234 g/mol. The third-order valence-electron chi connectivity index (χ3n) is 0.807. The van der Waals surface area contributed by atoms with E-state index >= 15 is 0 Å². The van der Waals surface area contributed by atoms with Crippen LogP contribution in [0.2, 0.25) is 0 Å². The van der Waals surface area contributed by atoms with E-state index in [2.05, 4.69) is 24.8 Å². The Bertz CT molecular complexity index is 77.2. The van der Waals surface area contributed by atoms with Crippen LogP contribution in [0.25, 0.3) is 0 Å². The number of unbranched alkanes of at least 4 members (excludes halogenated alkanes) is 1. The van der Waals surface area contributed by atoms with Crippen LogP contribution in [0.5, 0.6) is 0 Å². The molecule has 0 aromatic rings. The lowest BCUT2D eigenvalue weighted by Gasteiger charge is -1.84. The molecule has 2 N–H and O–H groups in total. The van der Waals surface area contributed by atoms with Gasteiger partial charge >= 0.3 is 0 Å². The Hall–Kier alpha value is -0.640. The van der Waals surface area contributed by atoms with E-state index in [0.29, 0.717) is 13.2 Å². The Morgan fingerprint density at radius 1 is 1.06 bits per heavy atom. The van der Waals surface area contributed by atoms with Crippen LogP contribution in [-0.4, -0.2) is 37.1 Å². The zero-order valence-corrected chi connectivity index (χ0v) is 11.4. The predicted octanol–water partition coefficient (Wildman–Crippen LogP) is 2.79. The van der Waals surface area contributed by atoms with E-state index in [9.17, 15) is 0 Å². The van der Waals surface area contributed by atoms with E-state index in [-0.39, 0.29) is 6.61 Å². The second kappa shape index (κ2) is 47.3. The molecule has 3 nitrogen and oxygen atoms in total.